The fourth-order valence-electron chi connectivity index (χ4n) is 3.78. The molecule has 1 aliphatic heterocycles. The van der Waals surface area contributed by atoms with Crippen molar-refractivity contribution in [1.29, 1.82) is 0 Å². The van der Waals surface area contributed by atoms with Gasteiger partial charge < -0.3 is 14.6 Å². The minimum atomic E-state index is -0.613. The van der Waals surface area contributed by atoms with Gasteiger partial charge in [-0.25, -0.2) is 4.79 Å². The van der Waals surface area contributed by atoms with Gasteiger partial charge in [-0.2, -0.15) is 0 Å². The summed E-state index contributed by atoms with van der Waals surface area (Å²) in [5, 5.41) is 13.7. The summed E-state index contributed by atoms with van der Waals surface area (Å²) in [7, 11) is 0. The van der Waals surface area contributed by atoms with Crippen LogP contribution < -0.4 is 16.0 Å². The topological polar surface area (TPSA) is 128 Å². The van der Waals surface area contributed by atoms with Gasteiger partial charge in [-0.1, -0.05) is 12.1 Å². The van der Waals surface area contributed by atoms with Crippen LogP contribution in [0.4, 0.5) is 11.4 Å². The Bertz CT molecular complexity index is 1230. The van der Waals surface area contributed by atoms with Crippen molar-refractivity contribution in [2.24, 2.45) is 0 Å². The van der Waals surface area contributed by atoms with Crippen molar-refractivity contribution in [3.63, 3.8) is 0 Å². The Morgan fingerprint density at radius 2 is 1.94 bits per heavy atom. The molecule has 0 radical (unpaired) electrons. The van der Waals surface area contributed by atoms with E-state index in [0.29, 0.717) is 24.9 Å². The molecule has 1 fully saturated rings. The first kappa shape index (κ1) is 21.3. The van der Waals surface area contributed by atoms with E-state index in [4.69, 9.17) is 4.42 Å². The number of nitro groups is 1. The minimum Gasteiger partial charge on any atom is -0.407 e. The van der Waals surface area contributed by atoms with Gasteiger partial charge in [-0.15, -0.1) is 0 Å². The maximum atomic E-state index is 12.2. The Labute approximate surface area is 182 Å². The van der Waals surface area contributed by atoms with Gasteiger partial charge in [0.2, 0.25) is 11.8 Å². The summed E-state index contributed by atoms with van der Waals surface area (Å²) < 4.78 is 6.45. The number of carbonyl (C=O) groups is 2. The van der Waals surface area contributed by atoms with E-state index in [9.17, 15) is 24.5 Å². The van der Waals surface area contributed by atoms with E-state index in [1.165, 1.54) is 22.8 Å². The number of benzene rings is 2. The molecular formula is C22H22N4O6. The quantitative estimate of drug-likeness (QED) is 0.425. The van der Waals surface area contributed by atoms with Gasteiger partial charge in [0.25, 0.3) is 5.69 Å². The molecule has 2 heterocycles. The Morgan fingerprint density at radius 1 is 1.16 bits per heavy atom. The van der Waals surface area contributed by atoms with Gasteiger partial charge in [-0.05, 0) is 36.6 Å². The second-order valence-corrected chi connectivity index (χ2v) is 7.62. The lowest BCUT2D eigenvalue weighted by Crippen LogP contribution is -2.24. The molecule has 166 valence electrons. The molecule has 0 unspecified atom stereocenters. The maximum absolute atomic E-state index is 12.2. The lowest BCUT2D eigenvalue weighted by molar-refractivity contribution is -0.384. The molecule has 1 aliphatic rings. The third kappa shape index (κ3) is 4.53. The van der Waals surface area contributed by atoms with E-state index >= 15 is 0 Å². The number of rotatable bonds is 8. The minimum absolute atomic E-state index is 0.133. The molecule has 2 amide bonds. The van der Waals surface area contributed by atoms with Crippen LogP contribution in [0.5, 0.6) is 0 Å². The molecule has 0 saturated carbocycles. The molecule has 3 aromatic rings. The molecule has 0 bridgehead atoms. The van der Waals surface area contributed by atoms with Gasteiger partial charge in [0, 0.05) is 44.2 Å². The average molecular weight is 438 g/mol. The first-order chi connectivity index (χ1) is 15.4. The van der Waals surface area contributed by atoms with Crippen molar-refractivity contribution in [3.8, 4) is 0 Å². The number of aryl methyl sites for hydroxylation is 1. The van der Waals surface area contributed by atoms with Crippen molar-refractivity contribution in [1.82, 2.24) is 9.88 Å². The zero-order valence-electron chi connectivity index (χ0n) is 17.3. The van der Waals surface area contributed by atoms with Crippen LogP contribution in [0.1, 0.15) is 31.2 Å². The predicted molar refractivity (Wildman–Crippen MR) is 116 cm³/mol. The number of carbonyl (C=O) groups excluding carboxylic acids is 2. The van der Waals surface area contributed by atoms with Gasteiger partial charge in [-0.3, -0.25) is 24.3 Å². The Hall–Kier alpha value is -3.95. The van der Waals surface area contributed by atoms with Gasteiger partial charge in [0.15, 0.2) is 5.58 Å². The molecule has 0 aliphatic carbocycles. The second-order valence-electron chi connectivity index (χ2n) is 7.62. The molecule has 32 heavy (non-hydrogen) atoms. The summed E-state index contributed by atoms with van der Waals surface area (Å²) in [5.74, 6) is -0.633. The van der Waals surface area contributed by atoms with Crippen LogP contribution in [-0.2, 0) is 22.7 Å². The highest BCUT2D eigenvalue weighted by atomic mass is 16.6. The highest BCUT2D eigenvalue weighted by Gasteiger charge is 2.21. The van der Waals surface area contributed by atoms with E-state index in [-0.39, 0.29) is 36.1 Å². The summed E-state index contributed by atoms with van der Waals surface area (Å²) in [4.78, 5) is 48.1. The third-order valence-electron chi connectivity index (χ3n) is 5.46. The Balaban J connectivity index is 1.27. The van der Waals surface area contributed by atoms with E-state index in [1.807, 2.05) is 24.3 Å². The molecule has 4 rings (SSSR count). The van der Waals surface area contributed by atoms with E-state index < -0.39 is 10.7 Å². The highest BCUT2D eigenvalue weighted by molar-refractivity contribution is 5.95. The number of aromatic nitrogens is 1. The molecule has 2 aromatic carbocycles. The van der Waals surface area contributed by atoms with Crippen LogP contribution in [0, 0.1) is 10.1 Å². The molecule has 1 saturated heterocycles. The average Bonchev–Trinajstić information content (AvgIpc) is 3.34. The number of nitrogens with zero attached hydrogens (tertiary/aromatic N) is 3. The zero-order valence-corrected chi connectivity index (χ0v) is 17.3. The Kier molecular flexibility index (Phi) is 6.02. The number of oxazole rings is 1. The number of fused-ring (bicyclic) bond motifs is 1. The summed E-state index contributed by atoms with van der Waals surface area (Å²) in [6, 6.07) is 11.5. The molecule has 0 spiro atoms. The number of amides is 2. The van der Waals surface area contributed by atoms with Crippen LogP contribution >= 0.6 is 0 Å². The molecule has 1 N–H and O–H groups in total. The van der Waals surface area contributed by atoms with E-state index in [2.05, 4.69) is 5.32 Å². The summed E-state index contributed by atoms with van der Waals surface area (Å²) in [6.07, 6.45) is 2.08. The van der Waals surface area contributed by atoms with Crippen LogP contribution in [0.25, 0.3) is 11.1 Å². The maximum Gasteiger partial charge on any atom is 0.419 e. The fraction of sp³-hybridized carbons (Fsp3) is 0.318. The first-order valence-electron chi connectivity index (χ1n) is 10.4. The van der Waals surface area contributed by atoms with Gasteiger partial charge in [0.1, 0.15) is 0 Å². The molecule has 0 atom stereocenters. The third-order valence-corrected chi connectivity index (χ3v) is 5.46. The number of non-ortho nitro benzene ring substituents is 1. The first-order valence-corrected chi connectivity index (χ1v) is 10.4. The standard InChI is InChI=1S/C22H22N4O6/c27-20(23-14-15-5-7-16(8-6-15)24-11-2-4-21(24)28)3-1-12-25-18-10-9-17(26(30)31)13-19(18)32-22(25)29/h5-10,13H,1-4,11-12,14H2,(H,23,27). The summed E-state index contributed by atoms with van der Waals surface area (Å²) in [5.41, 5.74) is 2.24. The SMILES string of the molecule is O=C(CCCn1c(=O)oc2cc([N+](=O)[O-])ccc21)NCc1ccc(N2CCCC2=O)cc1. The number of hydrogen-bond acceptors (Lipinski definition) is 6. The fourth-order valence-corrected chi connectivity index (χ4v) is 3.78. The normalized spacial score (nSPS) is 13.6. The lowest BCUT2D eigenvalue weighted by Gasteiger charge is -2.16. The van der Waals surface area contributed by atoms with Crippen LogP contribution in [0.15, 0.2) is 51.7 Å². The second kappa shape index (κ2) is 9.04. The monoisotopic (exact) mass is 438 g/mol. The number of hydrogen-bond donors (Lipinski definition) is 1. The van der Waals surface area contributed by atoms with E-state index in [1.54, 1.807) is 4.90 Å². The predicted octanol–water partition coefficient (Wildman–Crippen LogP) is 2.73. The van der Waals surface area contributed by atoms with Crippen LogP contribution in [0.2, 0.25) is 0 Å². The van der Waals surface area contributed by atoms with Crippen molar-refractivity contribution < 1.29 is 18.9 Å². The molecular weight excluding hydrogens is 416 g/mol. The van der Waals surface area contributed by atoms with Crippen molar-refractivity contribution in [2.45, 2.75) is 38.8 Å². The van der Waals surface area contributed by atoms with Crippen molar-refractivity contribution in [3.05, 3.63) is 68.7 Å². The van der Waals surface area contributed by atoms with Crippen LogP contribution in [-0.4, -0.2) is 27.8 Å². The zero-order chi connectivity index (χ0) is 22.7. The van der Waals surface area contributed by atoms with Crippen LogP contribution in [0.3, 0.4) is 0 Å². The smallest absolute Gasteiger partial charge is 0.407 e. The molecule has 1 aromatic heterocycles. The number of nitro benzene ring substituents is 1. The van der Waals surface area contributed by atoms with Gasteiger partial charge in [0.05, 0.1) is 16.5 Å². The van der Waals surface area contributed by atoms with Crippen molar-refractivity contribution in [2.75, 3.05) is 11.4 Å². The highest BCUT2D eigenvalue weighted by Crippen LogP contribution is 2.22. The summed E-state index contributed by atoms with van der Waals surface area (Å²) in [6.45, 7) is 1.36. The lowest BCUT2D eigenvalue weighted by atomic mass is 10.2. The number of anilines is 1. The Morgan fingerprint density at radius 3 is 2.62 bits per heavy atom. The van der Waals surface area contributed by atoms with E-state index in [0.717, 1.165) is 24.2 Å². The molecule has 10 nitrogen and oxygen atoms in total. The number of nitrogens with one attached hydrogen (secondary N) is 1. The summed E-state index contributed by atoms with van der Waals surface area (Å²) >= 11 is 0. The van der Waals surface area contributed by atoms with Crippen molar-refractivity contribution >= 4 is 34.3 Å². The molecule has 10 heteroatoms. The van der Waals surface area contributed by atoms with Gasteiger partial charge >= 0.3 is 5.76 Å². The largest absolute Gasteiger partial charge is 0.419 e.